The van der Waals surface area contributed by atoms with Gasteiger partial charge in [-0.25, -0.2) is 0 Å². The van der Waals surface area contributed by atoms with Crippen LogP contribution in [0.1, 0.15) is 24.8 Å². The van der Waals surface area contributed by atoms with Crippen molar-refractivity contribution < 1.29 is 0 Å². The lowest BCUT2D eigenvalue weighted by molar-refractivity contribution is 0.471. The minimum atomic E-state index is 0.654. The highest BCUT2D eigenvalue weighted by molar-refractivity contribution is 9.09. The second-order valence-corrected chi connectivity index (χ2v) is 6.95. The third-order valence-electron chi connectivity index (χ3n) is 4.14. The molecule has 3 atom stereocenters. The number of benzene rings is 1. The molecule has 2 aliphatic carbocycles. The van der Waals surface area contributed by atoms with E-state index in [4.69, 9.17) is 11.6 Å². The van der Waals surface area contributed by atoms with Crippen LogP contribution in [0.5, 0.6) is 0 Å². The van der Waals surface area contributed by atoms with Gasteiger partial charge >= 0.3 is 0 Å². The Labute approximate surface area is 111 Å². The van der Waals surface area contributed by atoms with Crippen molar-refractivity contribution in [2.75, 3.05) is 0 Å². The highest BCUT2D eigenvalue weighted by atomic mass is 79.9. The maximum absolute atomic E-state index is 5.89. The summed E-state index contributed by atoms with van der Waals surface area (Å²) in [7, 11) is 0. The Hall–Kier alpha value is -0.0100. The van der Waals surface area contributed by atoms with Crippen molar-refractivity contribution >= 4 is 27.5 Å². The molecule has 2 aliphatic rings. The number of rotatable bonds is 3. The maximum atomic E-state index is 5.89. The average Bonchev–Trinajstić information content (AvgIpc) is 2.89. The summed E-state index contributed by atoms with van der Waals surface area (Å²) >= 11 is 9.76. The van der Waals surface area contributed by atoms with Crippen LogP contribution in [-0.4, -0.2) is 4.83 Å². The third-order valence-corrected chi connectivity index (χ3v) is 5.46. The van der Waals surface area contributed by atoms with Crippen LogP contribution in [0.3, 0.4) is 0 Å². The molecule has 1 aromatic carbocycles. The van der Waals surface area contributed by atoms with E-state index in [0.29, 0.717) is 4.83 Å². The number of alkyl halides is 1. The third kappa shape index (κ3) is 2.31. The Morgan fingerprint density at radius 1 is 1.12 bits per heavy atom. The fraction of sp³-hybridized carbons (Fsp3) is 0.571. The fourth-order valence-corrected chi connectivity index (χ4v) is 4.00. The minimum absolute atomic E-state index is 0.654. The van der Waals surface area contributed by atoms with Gasteiger partial charge in [-0.05, 0) is 61.1 Å². The van der Waals surface area contributed by atoms with Gasteiger partial charge in [0.2, 0.25) is 0 Å². The fourth-order valence-electron chi connectivity index (χ4n) is 3.07. The monoisotopic (exact) mass is 298 g/mol. The summed E-state index contributed by atoms with van der Waals surface area (Å²) in [5.74, 6) is 3.06. The largest absolute Gasteiger partial charge is 0.0884 e. The molecule has 3 rings (SSSR count). The maximum Gasteiger partial charge on any atom is 0.0406 e. The summed E-state index contributed by atoms with van der Waals surface area (Å²) in [6.07, 6.45) is 5.56. The Morgan fingerprint density at radius 2 is 1.75 bits per heavy atom. The summed E-state index contributed by atoms with van der Waals surface area (Å²) in [6.45, 7) is 0. The van der Waals surface area contributed by atoms with E-state index in [2.05, 4.69) is 28.1 Å². The van der Waals surface area contributed by atoms with Gasteiger partial charge in [0, 0.05) is 9.85 Å². The quantitative estimate of drug-likeness (QED) is 0.710. The molecule has 86 valence electrons. The van der Waals surface area contributed by atoms with Gasteiger partial charge in [-0.15, -0.1) is 0 Å². The number of hydrogen-bond donors (Lipinski definition) is 0. The lowest BCUT2D eigenvalue weighted by atomic mass is 9.95. The molecule has 3 unspecified atom stereocenters. The van der Waals surface area contributed by atoms with Gasteiger partial charge in [-0.2, -0.15) is 0 Å². The van der Waals surface area contributed by atoms with Crippen LogP contribution in [0, 0.1) is 17.8 Å². The highest BCUT2D eigenvalue weighted by Crippen LogP contribution is 2.56. The Morgan fingerprint density at radius 3 is 2.38 bits per heavy atom. The van der Waals surface area contributed by atoms with Gasteiger partial charge in [-0.3, -0.25) is 0 Å². The van der Waals surface area contributed by atoms with Crippen molar-refractivity contribution in [2.45, 2.75) is 30.5 Å². The zero-order valence-corrected chi connectivity index (χ0v) is 11.5. The molecular weight excluding hydrogens is 284 g/mol. The van der Waals surface area contributed by atoms with Crippen LogP contribution in [0.4, 0.5) is 0 Å². The topological polar surface area (TPSA) is 0 Å². The second-order valence-electron chi connectivity index (χ2n) is 5.33. The van der Waals surface area contributed by atoms with E-state index in [-0.39, 0.29) is 0 Å². The van der Waals surface area contributed by atoms with Crippen LogP contribution >= 0.6 is 27.5 Å². The molecule has 0 N–H and O–H groups in total. The van der Waals surface area contributed by atoms with E-state index in [9.17, 15) is 0 Å². The first kappa shape index (κ1) is 11.1. The van der Waals surface area contributed by atoms with E-state index >= 15 is 0 Å². The Kier molecular flexibility index (Phi) is 3.01. The van der Waals surface area contributed by atoms with Crippen LogP contribution in [-0.2, 0) is 6.42 Å². The summed E-state index contributed by atoms with van der Waals surface area (Å²) in [6, 6.07) is 8.27. The van der Waals surface area contributed by atoms with E-state index in [1.165, 1.54) is 24.8 Å². The zero-order chi connectivity index (χ0) is 11.1. The number of halogens is 2. The van der Waals surface area contributed by atoms with Crippen LogP contribution < -0.4 is 0 Å². The molecule has 0 aromatic heterocycles. The molecule has 16 heavy (non-hydrogen) atoms. The standard InChI is InChI=1S/C14H16BrCl/c15-14(12-7-10-6-11(10)8-12)5-9-1-3-13(16)4-2-9/h1-4,10-12,14H,5-8H2. The zero-order valence-electron chi connectivity index (χ0n) is 9.20. The molecule has 0 radical (unpaired) electrons. The molecule has 0 saturated heterocycles. The second kappa shape index (κ2) is 4.34. The van der Waals surface area contributed by atoms with Crippen molar-refractivity contribution in [1.82, 2.24) is 0 Å². The van der Waals surface area contributed by atoms with Crippen molar-refractivity contribution in [3.8, 4) is 0 Å². The molecule has 0 heterocycles. The average molecular weight is 300 g/mol. The molecule has 0 spiro atoms. The summed E-state index contributed by atoms with van der Waals surface area (Å²) < 4.78 is 0. The minimum Gasteiger partial charge on any atom is -0.0884 e. The van der Waals surface area contributed by atoms with Crippen LogP contribution in [0.15, 0.2) is 24.3 Å². The first-order valence-electron chi connectivity index (χ1n) is 6.11. The van der Waals surface area contributed by atoms with Gasteiger partial charge in [0.1, 0.15) is 0 Å². The van der Waals surface area contributed by atoms with Gasteiger partial charge in [0.15, 0.2) is 0 Å². The number of fused-ring (bicyclic) bond motifs is 1. The molecule has 0 bridgehead atoms. The van der Waals surface area contributed by atoms with Crippen molar-refractivity contribution in [2.24, 2.45) is 17.8 Å². The summed E-state index contributed by atoms with van der Waals surface area (Å²) in [5, 5.41) is 0.831. The van der Waals surface area contributed by atoms with Crippen molar-refractivity contribution in [3.63, 3.8) is 0 Å². The smallest absolute Gasteiger partial charge is 0.0406 e. The summed E-state index contributed by atoms with van der Waals surface area (Å²) in [4.78, 5) is 0.654. The molecule has 2 heteroatoms. The molecule has 0 amide bonds. The van der Waals surface area contributed by atoms with Gasteiger partial charge in [0.25, 0.3) is 0 Å². The lowest BCUT2D eigenvalue weighted by Crippen LogP contribution is -2.15. The Bertz CT molecular complexity index is 363. The molecular formula is C14H16BrCl. The van der Waals surface area contributed by atoms with Crippen LogP contribution in [0.25, 0.3) is 0 Å². The normalized spacial score (nSPS) is 33.5. The predicted octanol–water partition coefficient (Wildman–Crippen LogP) is 4.69. The van der Waals surface area contributed by atoms with Crippen molar-refractivity contribution in [3.05, 3.63) is 34.9 Å². The van der Waals surface area contributed by atoms with E-state index in [1.54, 1.807) is 0 Å². The molecule has 0 nitrogen and oxygen atoms in total. The molecule has 2 saturated carbocycles. The first-order valence-corrected chi connectivity index (χ1v) is 7.40. The molecule has 2 fully saturated rings. The first-order chi connectivity index (χ1) is 7.72. The summed E-state index contributed by atoms with van der Waals surface area (Å²) in [5.41, 5.74) is 1.40. The molecule has 1 aromatic rings. The number of hydrogen-bond acceptors (Lipinski definition) is 0. The predicted molar refractivity (Wildman–Crippen MR) is 72.2 cm³/mol. The molecule has 0 aliphatic heterocycles. The highest BCUT2D eigenvalue weighted by Gasteiger charge is 2.47. The van der Waals surface area contributed by atoms with Gasteiger partial charge in [-0.1, -0.05) is 39.7 Å². The van der Waals surface area contributed by atoms with E-state index in [1.807, 2.05) is 12.1 Å². The van der Waals surface area contributed by atoms with Gasteiger partial charge in [0.05, 0.1) is 0 Å². The van der Waals surface area contributed by atoms with Gasteiger partial charge < -0.3 is 0 Å². The van der Waals surface area contributed by atoms with E-state index < -0.39 is 0 Å². The Balaban J connectivity index is 1.59. The van der Waals surface area contributed by atoms with Crippen LogP contribution in [0.2, 0.25) is 5.02 Å². The lowest BCUT2D eigenvalue weighted by Gasteiger charge is -2.19. The van der Waals surface area contributed by atoms with E-state index in [0.717, 1.165) is 29.2 Å². The van der Waals surface area contributed by atoms with Crippen molar-refractivity contribution in [1.29, 1.82) is 0 Å². The SMILES string of the molecule is Clc1ccc(CC(Br)C2CC3CC3C2)cc1.